The number of nitrogens with zero attached hydrogens (tertiary/aromatic N) is 2. The van der Waals surface area contributed by atoms with E-state index in [9.17, 15) is 4.79 Å². The Bertz CT molecular complexity index is 560. The highest BCUT2D eigenvalue weighted by Crippen LogP contribution is 2.19. The highest BCUT2D eigenvalue weighted by atomic mass is 16.5. The highest BCUT2D eigenvalue weighted by molar-refractivity contribution is 5.88. The number of esters is 1. The third kappa shape index (κ3) is 1.95. The van der Waals surface area contributed by atoms with Gasteiger partial charge in [0.15, 0.2) is 5.69 Å². The normalized spacial score (nSPS) is 10.5. The maximum Gasteiger partial charge on any atom is 0.358 e. The Balaban J connectivity index is 2.50. The van der Waals surface area contributed by atoms with Gasteiger partial charge in [0.1, 0.15) is 11.4 Å². The van der Waals surface area contributed by atoms with E-state index in [1.54, 1.807) is 26.3 Å². The van der Waals surface area contributed by atoms with Gasteiger partial charge in [0, 0.05) is 6.20 Å². The van der Waals surface area contributed by atoms with E-state index >= 15 is 0 Å². The van der Waals surface area contributed by atoms with Crippen molar-refractivity contribution >= 4 is 11.6 Å². The summed E-state index contributed by atoms with van der Waals surface area (Å²) in [4.78, 5) is 15.8. The molecule has 0 aliphatic rings. The molecule has 0 amide bonds. The summed E-state index contributed by atoms with van der Waals surface area (Å²) in [5.41, 5.74) is 1.91. The van der Waals surface area contributed by atoms with Crippen LogP contribution in [0, 0.1) is 6.92 Å². The first-order chi connectivity index (χ1) is 8.17. The largest absolute Gasteiger partial charge is 0.495 e. The molecule has 0 bridgehead atoms. The number of rotatable bonds is 3. The molecule has 5 nitrogen and oxygen atoms in total. The van der Waals surface area contributed by atoms with Crippen LogP contribution in [-0.4, -0.2) is 29.1 Å². The summed E-state index contributed by atoms with van der Waals surface area (Å²) < 4.78 is 11.9. The van der Waals surface area contributed by atoms with Crippen molar-refractivity contribution in [1.82, 2.24) is 9.38 Å². The highest BCUT2D eigenvalue weighted by Gasteiger charge is 2.13. The number of carbonyl (C=O) groups excluding carboxylic acids is 1. The molecule has 0 aliphatic heterocycles. The van der Waals surface area contributed by atoms with Crippen molar-refractivity contribution in [2.45, 2.75) is 13.8 Å². The van der Waals surface area contributed by atoms with E-state index in [1.165, 1.54) is 0 Å². The lowest BCUT2D eigenvalue weighted by molar-refractivity contribution is 0.0520. The Hall–Kier alpha value is -2.04. The van der Waals surface area contributed by atoms with Crippen LogP contribution in [-0.2, 0) is 4.74 Å². The van der Waals surface area contributed by atoms with Crippen LogP contribution in [0.25, 0.3) is 5.65 Å². The topological polar surface area (TPSA) is 52.8 Å². The summed E-state index contributed by atoms with van der Waals surface area (Å²) >= 11 is 0. The zero-order valence-corrected chi connectivity index (χ0v) is 10.1. The molecule has 90 valence electrons. The minimum absolute atomic E-state index is 0.309. The lowest BCUT2D eigenvalue weighted by Gasteiger charge is -2.05. The predicted molar refractivity (Wildman–Crippen MR) is 62.4 cm³/mol. The van der Waals surface area contributed by atoms with Crippen molar-refractivity contribution in [2.75, 3.05) is 13.7 Å². The number of hydrogen-bond acceptors (Lipinski definition) is 4. The van der Waals surface area contributed by atoms with Gasteiger partial charge in [-0.3, -0.25) is 4.40 Å². The van der Waals surface area contributed by atoms with Crippen molar-refractivity contribution in [2.24, 2.45) is 0 Å². The van der Waals surface area contributed by atoms with Crippen molar-refractivity contribution in [3.05, 3.63) is 29.7 Å². The molecule has 0 spiro atoms. The number of hydrogen-bond donors (Lipinski definition) is 0. The monoisotopic (exact) mass is 234 g/mol. The van der Waals surface area contributed by atoms with Crippen LogP contribution >= 0.6 is 0 Å². The first-order valence-electron chi connectivity index (χ1n) is 5.37. The molecule has 0 N–H and O–H groups in total. The lowest BCUT2D eigenvalue weighted by atomic mass is 10.3. The molecule has 2 heterocycles. The minimum atomic E-state index is -0.408. The first kappa shape index (κ1) is 11.4. The summed E-state index contributed by atoms with van der Waals surface area (Å²) in [5.74, 6) is 0.347. The first-order valence-corrected chi connectivity index (χ1v) is 5.37. The van der Waals surface area contributed by atoms with E-state index < -0.39 is 5.97 Å². The number of carbonyl (C=O) groups is 1. The fourth-order valence-electron chi connectivity index (χ4n) is 1.69. The molecule has 2 aromatic heterocycles. The van der Waals surface area contributed by atoms with Crippen LogP contribution in [0.3, 0.4) is 0 Å². The average molecular weight is 234 g/mol. The number of ether oxygens (including phenoxy) is 2. The molecule has 0 saturated heterocycles. The van der Waals surface area contributed by atoms with E-state index in [0.717, 1.165) is 11.4 Å². The maximum atomic E-state index is 11.6. The fourth-order valence-corrected chi connectivity index (χ4v) is 1.69. The number of aryl methyl sites for hydroxylation is 1. The molecule has 0 aliphatic carbocycles. The SMILES string of the molecule is CCOC(=O)c1cn2c(C)c(OC)ccc2n1. The predicted octanol–water partition coefficient (Wildman–Crippen LogP) is 1.83. The second kappa shape index (κ2) is 4.45. The molecule has 0 aromatic carbocycles. The fraction of sp³-hybridized carbons (Fsp3) is 0.333. The van der Waals surface area contributed by atoms with E-state index in [2.05, 4.69) is 4.98 Å². The molecule has 2 aromatic rings. The Kier molecular flexibility index (Phi) is 2.99. The molecule has 5 heteroatoms. The molecule has 0 saturated carbocycles. The minimum Gasteiger partial charge on any atom is -0.495 e. The van der Waals surface area contributed by atoms with E-state index in [1.807, 2.05) is 17.4 Å². The van der Waals surface area contributed by atoms with E-state index in [-0.39, 0.29) is 0 Å². The average Bonchev–Trinajstić information content (AvgIpc) is 2.75. The third-order valence-corrected chi connectivity index (χ3v) is 2.54. The number of aromatic nitrogens is 2. The second-order valence-electron chi connectivity index (χ2n) is 3.56. The number of fused-ring (bicyclic) bond motifs is 1. The van der Waals surface area contributed by atoms with E-state index in [4.69, 9.17) is 9.47 Å². The van der Waals surface area contributed by atoms with Gasteiger partial charge in [-0.1, -0.05) is 0 Å². The van der Waals surface area contributed by atoms with Crippen molar-refractivity contribution in [3.63, 3.8) is 0 Å². The van der Waals surface area contributed by atoms with Crippen LogP contribution in [0.2, 0.25) is 0 Å². The molecule has 0 radical (unpaired) electrons. The molecule has 0 unspecified atom stereocenters. The van der Waals surface area contributed by atoms with Crippen LogP contribution in [0.4, 0.5) is 0 Å². The Labute approximate surface area is 99.0 Å². The van der Waals surface area contributed by atoms with Gasteiger partial charge in [-0.15, -0.1) is 0 Å². The number of methoxy groups -OCH3 is 1. The molecular weight excluding hydrogens is 220 g/mol. The Morgan fingerprint density at radius 2 is 2.24 bits per heavy atom. The second-order valence-corrected chi connectivity index (χ2v) is 3.56. The van der Waals surface area contributed by atoms with Gasteiger partial charge in [0.2, 0.25) is 0 Å². The van der Waals surface area contributed by atoms with Gasteiger partial charge < -0.3 is 9.47 Å². The molecular formula is C12H14N2O3. The van der Waals surface area contributed by atoms with Crippen LogP contribution in [0.15, 0.2) is 18.3 Å². The van der Waals surface area contributed by atoms with E-state index in [0.29, 0.717) is 17.9 Å². The van der Waals surface area contributed by atoms with Gasteiger partial charge in [-0.2, -0.15) is 0 Å². The van der Waals surface area contributed by atoms with Crippen molar-refractivity contribution in [3.8, 4) is 5.75 Å². The smallest absolute Gasteiger partial charge is 0.358 e. The van der Waals surface area contributed by atoms with Gasteiger partial charge in [-0.05, 0) is 26.0 Å². The van der Waals surface area contributed by atoms with Gasteiger partial charge in [0.25, 0.3) is 0 Å². The molecule has 2 rings (SSSR count). The van der Waals surface area contributed by atoms with Gasteiger partial charge >= 0.3 is 5.97 Å². The third-order valence-electron chi connectivity index (χ3n) is 2.54. The molecule has 0 atom stereocenters. The maximum absolute atomic E-state index is 11.6. The lowest BCUT2D eigenvalue weighted by Crippen LogP contribution is -2.04. The van der Waals surface area contributed by atoms with Crippen molar-refractivity contribution in [1.29, 1.82) is 0 Å². The van der Waals surface area contributed by atoms with Crippen LogP contribution < -0.4 is 4.74 Å². The summed E-state index contributed by atoms with van der Waals surface area (Å²) in [5, 5.41) is 0. The Morgan fingerprint density at radius 1 is 1.47 bits per heavy atom. The van der Waals surface area contributed by atoms with Gasteiger partial charge in [0.05, 0.1) is 19.4 Å². The standard InChI is InChI=1S/C12H14N2O3/c1-4-17-12(15)9-7-14-8(2)10(16-3)5-6-11(14)13-9/h5-7H,4H2,1-3H3. The zero-order valence-electron chi connectivity index (χ0n) is 10.1. The van der Waals surface area contributed by atoms with Gasteiger partial charge in [-0.25, -0.2) is 9.78 Å². The summed E-state index contributed by atoms with van der Waals surface area (Å²) in [6, 6.07) is 3.63. The summed E-state index contributed by atoms with van der Waals surface area (Å²) in [6.45, 7) is 4.01. The summed E-state index contributed by atoms with van der Waals surface area (Å²) in [7, 11) is 1.61. The summed E-state index contributed by atoms with van der Waals surface area (Å²) in [6.07, 6.45) is 1.66. The number of pyridine rings is 1. The Morgan fingerprint density at radius 3 is 2.88 bits per heavy atom. The van der Waals surface area contributed by atoms with Crippen LogP contribution in [0.1, 0.15) is 23.1 Å². The number of imidazole rings is 1. The molecule has 0 fully saturated rings. The molecule has 17 heavy (non-hydrogen) atoms. The van der Waals surface area contributed by atoms with Crippen LogP contribution in [0.5, 0.6) is 5.75 Å². The zero-order chi connectivity index (χ0) is 12.4. The quantitative estimate of drug-likeness (QED) is 0.760. The van der Waals surface area contributed by atoms with Crippen molar-refractivity contribution < 1.29 is 14.3 Å².